The molecule has 1 aliphatic rings. The van der Waals surface area contributed by atoms with Crippen LogP contribution in [0, 0.1) is 0 Å². The molecule has 1 unspecified atom stereocenters. The Kier molecular flexibility index (Phi) is 8.15. The average molecular weight is 557 g/mol. The van der Waals surface area contributed by atoms with Crippen molar-refractivity contribution in [2.24, 2.45) is 0 Å². The number of ether oxygens (including phenoxy) is 1. The second-order valence-corrected chi connectivity index (χ2v) is 11.7. The van der Waals surface area contributed by atoms with E-state index in [1.165, 1.54) is 40.6 Å². The highest BCUT2D eigenvalue weighted by Crippen LogP contribution is 2.28. The fraction of sp³-hybridized carbons (Fsp3) is 0.333. The van der Waals surface area contributed by atoms with Crippen LogP contribution < -0.4 is 0 Å². The van der Waals surface area contributed by atoms with E-state index in [0.29, 0.717) is 22.1 Å². The van der Waals surface area contributed by atoms with Crippen LogP contribution in [-0.4, -0.2) is 72.3 Å². The zero-order valence-corrected chi connectivity index (χ0v) is 23.2. The van der Waals surface area contributed by atoms with Gasteiger partial charge in [0.2, 0.25) is 10.0 Å². The van der Waals surface area contributed by atoms with Crippen molar-refractivity contribution in [2.75, 3.05) is 26.7 Å². The van der Waals surface area contributed by atoms with Crippen molar-refractivity contribution in [1.82, 2.24) is 19.2 Å². The topological polar surface area (TPSA) is 110 Å². The van der Waals surface area contributed by atoms with Gasteiger partial charge in [0.25, 0.3) is 5.91 Å². The van der Waals surface area contributed by atoms with Gasteiger partial charge in [-0.2, -0.15) is 4.31 Å². The first-order chi connectivity index (χ1) is 18.0. The number of halogens is 1. The summed E-state index contributed by atoms with van der Waals surface area (Å²) in [5.74, 6) is -1.06. The van der Waals surface area contributed by atoms with Gasteiger partial charge in [-0.1, -0.05) is 55.8 Å². The SMILES string of the molecule is COC(=O)c1c(C(=O)N2CCN(S(=O)(=O)c3ccc(Cl)cc3)C(C)C2)nc(-c2ccccc2)nc1C(C)C. The maximum absolute atomic E-state index is 13.9. The number of hydrogen-bond donors (Lipinski definition) is 0. The van der Waals surface area contributed by atoms with E-state index in [1.54, 1.807) is 6.92 Å². The highest BCUT2D eigenvalue weighted by Gasteiger charge is 2.37. The summed E-state index contributed by atoms with van der Waals surface area (Å²) in [6.45, 7) is 5.81. The van der Waals surface area contributed by atoms with Crippen molar-refractivity contribution in [1.29, 1.82) is 0 Å². The first-order valence-corrected chi connectivity index (χ1v) is 14.0. The van der Waals surface area contributed by atoms with Gasteiger partial charge in [-0.15, -0.1) is 0 Å². The third kappa shape index (κ3) is 5.43. The molecular formula is C27H29ClN4O5S. The molecule has 0 radical (unpaired) electrons. The summed E-state index contributed by atoms with van der Waals surface area (Å²) in [7, 11) is -2.55. The summed E-state index contributed by atoms with van der Waals surface area (Å²) < 4.78 is 32.9. The molecular weight excluding hydrogens is 528 g/mol. The number of methoxy groups -OCH3 is 1. The van der Waals surface area contributed by atoms with Crippen molar-refractivity contribution in [3.8, 4) is 11.4 Å². The lowest BCUT2D eigenvalue weighted by Crippen LogP contribution is -2.55. The number of nitrogens with zero attached hydrogens (tertiary/aromatic N) is 4. The second kappa shape index (κ2) is 11.2. The first kappa shape index (κ1) is 27.7. The number of esters is 1. The van der Waals surface area contributed by atoms with Crippen LogP contribution >= 0.6 is 11.6 Å². The summed E-state index contributed by atoms with van der Waals surface area (Å²) >= 11 is 5.92. The number of aromatic nitrogens is 2. The molecule has 1 saturated heterocycles. The van der Waals surface area contributed by atoms with Crippen molar-refractivity contribution in [2.45, 2.75) is 37.6 Å². The Labute approximate surface area is 227 Å². The van der Waals surface area contributed by atoms with Gasteiger partial charge < -0.3 is 9.64 Å². The van der Waals surface area contributed by atoms with E-state index >= 15 is 0 Å². The van der Waals surface area contributed by atoms with Gasteiger partial charge in [-0.3, -0.25) is 4.79 Å². The molecule has 0 saturated carbocycles. The van der Waals surface area contributed by atoms with Gasteiger partial charge >= 0.3 is 5.97 Å². The molecule has 1 fully saturated rings. The van der Waals surface area contributed by atoms with Gasteiger partial charge in [0.1, 0.15) is 11.3 Å². The Morgan fingerprint density at radius 1 is 1.03 bits per heavy atom. The molecule has 11 heteroatoms. The minimum Gasteiger partial charge on any atom is -0.465 e. The van der Waals surface area contributed by atoms with E-state index < -0.39 is 27.9 Å². The number of carbonyl (C=O) groups excluding carboxylic acids is 2. The Bertz CT molecular complexity index is 1450. The minimum absolute atomic E-state index is 0.0241. The zero-order chi connectivity index (χ0) is 27.6. The predicted molar refractivity (Wildman–Crippen MR) is 144 cm³/mol. The van der Waals surface area contributed by atoms with E-state index in [1.807, 2.05) is 44.2 Å². The van der Waals surface area contributed by atoms with Crippen LogP contribution in [0.25, 0.3) is 11.4 Å². The Morgan fingerprint density at radius 2 is 1.68 bits per heavy atom. The van der Waals surface area contributed by atoms with Crippen molar-refractivity contribution >= 4 is 33.5 Å². The molecule has 38 heavy (non-hydrogen) atoms. The van der Waals surface area contributed by atoms with E-state index in [9.17, 15) is 18.0 Å². The summed E-state index contributed by atoms with van der Waals surface area (Å²) in [4.78, 5) is 37.5. The van der Waals surface area contributed by atoms with Crippen LogP contribution in [0.5, 0.6) is 0 Å². The lowest BCUT2D eigenvalue weighted by molar-refractivity contribution is 0.0569. The van der Waals surface area contributed by atoms with Crippen LogP contribution in [0.4, 0.5) is 0 Å². The number of amides is 1. The predicted octanol–water partition coefficient (Wildman–Crippen LogP) is 4.24. The fourth-order valence-corrected chi connectivity index (χ4v) is 6.18. The number of benzene rings is 2. The smallest absolute Gasteiger partial charge is 0.342 e. The number of hydrogen-bond acceptors (Lipinski definition) is 7. The van der Waals surface area contributed by atoms with Crippen LogP contribution in [-0.2, 0) is 14.8 Å². The average Bonchev–Trinajstić information content (AvgIpc) is 2.92. The number of piperazine rings is 1. The molecule has 0 spiro atoms. The van der Waals surface area contributed by atoms with Crippen molar-refractivity contribution in [3.05, 3.63) is 76.6 Å². The van der Waals surface area contributed by atoms with Crippen LogP contribution in [0.1, 0.15) is 53.2 Å². The van der Waals surface area contributed by atoms with Crippen molar-refractivity contribution < 1.29 is 22.7 Å². The lowest BCUT2D eigenvalue weighted by Gasteiger charge is -2.39. The highest BCUT2D eigenvalue weighted by atomic mass is 35.5. The third-order valence-electron chi connectivity index (χ3n) is 6.38. The third-order valence-corrected chi connectivity index (χ3v) is 8.66. The minimum atomic E-state index is -3.79. The molecule has 0 bridgehead atoms. The molecule has 4 rings (SSSR count). The maximum Gasteiger partial charge on any atom is 0.342 e. The largest absolute Gasteiger partial charge is 0.465 e. The Hall–Kier alpha value is -3.34. The molecule has 2 heterocycles. The monoisotopic (exact) mass is 556 g/mol. The number of sulfonamides is 1. The van der Waals surface area contributed by atoms with Gasteiger partial charge in [-0.25, -0.2) is 23.2 Å². The highest BCUT2D eigenvalue weighted by molar-refractivity contribution is 7.89. The molecule has 9 nitrogen and oxygen atoms in total. The Morgan fingerprint density at radius 3 is 2.26 bits per heavy atom. The fourth-order valence-electron chi connectivity index (χ4n) is 4.44. The molecule has 1 aromatic heterocycles. The van der Waals surface area contributed by atoms with E-state index in [0.717, 1.165) is 0 Å². The van der Waals surface area contributed by atoms with Gasteiger partial charge in [0.15, 0.2) is 5.82 Å². The summed E-state index contributed by atoms with van der Waals surface area (Å²) in [5.41, 5.74) is 1.07. The molecule has 200 valence electrons. The summed E-state index contributed by atoms with van der Waals surface area (Å²) in [6, 6.07) is 14.7. The number of carbonyl (C=O) groups is 2. The summed E-state index contributed by atoms with van der Waals surface area (Å²) in [5, 5.41) is 0.439. The first-order valence-electron chi connectivity index (χ1n) is 12.2. The molecule has 0 N–H and O–H groups in total. The van der Waals surface area contributed by atoms with Gasteiger partial charge in [0.05, 0.1) is 17.7 Å². The molecule has 1 aliphatic heterocycles. The van der Waals surface area contributed by atoms with Crippen LogP contribution in [0.2, 0.25) is 5.02 Å². The van der Waals surface area contributed by atoms with Gasteiger partial charge in [0, 0.05) is 36.3 Å². The van der Waals surface area contributed by atoms with E-state index in [-0.39, 0.29) is 41.7 Å². The quantitative estimate of drug-likeness (QED) is 0.418. The Balaban J connectivity index is 1.70. The zero-order valence-electron chi connectivity index (χ0n) is 21.6. The normalized spacial score (nSPS) is 16.5. The van der Waals surface area contributed by atoms with Crippen LogP contribution in [0.3, 0.4) is 0 Å². The van der Waals surface area contributed by atoms with E-state index in [2.05, 4.69) is 9.97 Å². The van der Waals surface area contributed by atoms with E-state index in [4.69, 9.17) is 16.3 Å². The molecule has 1 atom stereocenters. The maximum atomic E-state index is 13.9. The van der Waals surface area contributed by atoms with Gasteiger partial charge in [-0.05, 0) is 37.1 Å². The summed E-state index contributed by atoms with van der Waals surface area (Å²) in [6.07, 6.45) is 0. The standard InChI is InChI=1S/C27H29ClN4O5S/c1-17(2)23-22(27(34)37-4)24(30-25(29-23)19-8-6-5-7-9-19)26(33)31-14-15-32(18(3)16-31)38(35,36)21-12-10-20(28)11-13-21/h5-13,17-18H,14-16H2,1-4H3. The molecule has 1 amide bonds. The molecule has 0 aliphatic carbocycles. The molecule has 2 aromatic carbocycles. The second-order valence-electron chi connectivity index (χ2n) is 9.34. The lowest BCUT2D eigenvalue weighted by atomic mass is 10.0. The number of rotatable bonds is 6. The van der Waals surface area contributed by atoms with Crippen LogP contribution in [0.15, 0.2) is 59.5 Å². The molecule has 3 aromatic rings. The van der Waals surface area contributed by atoms with Crippen molar-refractivity contribution in [3.63, 3.8) is 0 Å².